The Morgan fingerprint density at radius 2 is 1.62 bits per heavy atom. The SMILES string of the molecule is CN(C)c1ccc(C=CC(=O)c2ccc3oc4ccccc4c3c2)cc1. The molecule has 0 aliphatic carbocycles. The Morgan fingerprint density at radius 3 is 2.38 bits per heavy atom. The quantitative estimate of drug-likeness (QED) is 0.360. The average molecular weight is 341 g/mol. The van der Waals surface area contributed by atoms with Crippen molar-refractivity contribution in [3.63, 3.8) is 0 Å². The first-order chi connectivity index (χ1) is 12.6. The lowest BCUT2D eigenvalue weighted by Gasteiger charge is -2.11. The lowest BCUT2D eigenvalue weighted by molar-refractivity contribution is 0.104. The number of benzene rings is 3. The molecule has 0 unspecified atom stereocenters. The van der Waals surface area contributed by atoms with Gasteiger partial charge in [-0.15, -0.1) is 0 Å². The van der Waals surface area contributed by atoms with Gasteiger partial charge in [-0.2, -0.15) is 0 Å². The van der Waals surface area contributed by atoms with Crippen LogP contribution in [0, 0.1) is 0 Å². The Bertz CT molecular complexity index is 1120. The summed E-state index contributed by atoms with van der Waals surface area (Å²) in [4.78, 5) is 14.6. The second-order valence-corrected chi connectivity index (χ2v) is 6.49. The minimum Gasteiger partial charge on any atom is -0.456 e. The fourth-order valence-electron chi connectivity index (χ4n) is 3.03. The van der Waals surface area contributed by atoms with Gasteiger partial charge in [0.25, 0.3) is 0 Å². The Hall–Kier alpha value is -3.33. The van der Waals surface area contributed by atoms with Gasteiger partial charge >= 0.3 is 0 Å². The van der Waals surface area contributed by atoms with Crippen LogP contribution in [0.4, 0.5) is 5.69 Å². The van der Waals surface area contributed by atoms with Crippen LogP contribution >= 0.6 is 0 Å². The second-order valence-electron chi connectivity index (χ2n) is 6.49. The van der Waals surface area contributed by atoms with Crippen LogP contribution in [0.15, 0.2) is 77.2 Å². The number of carbonyl (C=O) groups excluding carboxylic acids is 1. The van der Waals surface area contributed by atoms with Gasteiger partial charge in [-0.05, 0) is 48.0 Å². The zero-order valence-electron chi connectivity index (χ0n) is 14.8. The molecule has 0 saturated heterocycles. The molecule has 0 atom stereocenters. The number of hydrogen-bond acceptors (Lipinski definition) is 3. The van der Waals surface area contributed by atoms with Gasteiger partial charge < -0.3 is 9.32 Å². The molecule has 0 N–H and O–H groups in total. The molecule has 0 spiro atoms. The van der Waals surface area contributed by atoms with Crippen molar-refractivity contribution < 1.29 is 9.21 Å². The third kappa shape index (κ3) is 3.00. The van der Waals surface area contributed by atoms with Gasteiger partial charge in [-0.3, -0.25) is 4.79 Å². The van der Waals surface area contributed by atoms with Crippen LogP contribution < -0.4 is 4.90 Å². The van der Waals surface area contributed by atoms with Gasteiger partial charge in [0.15, 0.2) is 5.78 Å². The minimum atomic E-state index is -0.0196. The van der Waals surface area contributed by atoms with Crippen molar-refractivity contribution in [1.82, 2.24) is 0 Å². The highest BCUT2D eigenvalue weighted by Gasteiger charge is 2.09. The van der Waals surface area contributed by atoms with Gasteiger partial charge in [0.05, 0.1) is 0 Å². The van der Waals surface area contributed by atoms with Crippen molar-refractivity contribution in [1.29, 1.82) is 0 Å². The van der Waals surface area contributed by atoms with E-state index in [1.807, 2.05) is 91.8 Å². The van der Waals surface area contributed by atoms with Crippen LogP contribution in [-0.2, 0) is 0 Å². The van der Waals surface area contributed by atoms with Crippen LogP contribution in [-0.4, -0.2) is 19.9 Å². The summed E-state index contributed by atoms with van der Waals surface area (Å²) < 4.78 is 5.81. The predicted molar refractivity (Wildman–Crippen MR) is 108 cm³/mol. The summed E-state index contributed by atoms with van der Waals surface area (Å²) in [6, 6.07) is 21.5. The Morgan fingerprint density at radius 1 is 0.885 bits per heavy atom. The summed E-state index contributed by atoms with van der Waals surface area (Å²) in [5.41, 5.74) is 4.42. The zero-order chi connectivity index (χ0) is 18.1. The van der Waals surface area contributed by atoms with Gasteiger partial charge in [-0.1, -0.05) is 36.4 Å². The van der Waals surface area contributed by atoms with E-state index in [1.54, 1.807) is 6.08 Å². The average Bonchev–Trinajstić information content (AvgIpc) is 3.04. The van der Waals surface area contributed by atoms with Gasteiger partial charge in [0.1, 0.15) is 11.2 Å². The molecule has 128 valence electrons. The highest BCUT2D eigenvalue weighted by atomic mass is 16.3. The maximum absolute atomic E-state index is 12.6. The molecule has 3 aromatic carbocycles. The third-order valence-corrected chi connectivity index (χ3v) is 4.50. The Labute approximate surface area is 152 Å². The standard InChI is InChI=1S/C23H19NO2/c1-24(2)18-11-7-16(8-12-18)9-13-21(25)17-10-14-23-20(15-17)19-5-3-4-6-22(19)26-23/h3-15H,1-2H3. The first-order valence-electron chi connectivity index (χ1n) is 8.53. The number of fused-ring (bicyclic) bond motifs is 3. The lowest BCUT2D eigenvalue weighted by atomic mass is 10.1. The fourth-order valence-corrected chi connectivity index (χ4v) is 3.03. The van der Waals surface area contributed by atoms with E-state index in [2.05, 4.69) is 0 Å². The molecule has 0 saturated carbocycles. The topological polar surface area (TPSA) is 33.5 Å². The van der Waals surface area contributed by atoms with Crippen molar-refractivity contribution in [2.24, 2.45) is 0 Å². The number of para-hydroxylation sites is 1. The molecule has 4 aromatic rings. The van der Waals surface area contributed by atoms with Crippen LogP contribution in [0.5, 0.6) is 0 Å². The summed E-state index contributed by atoms with van der Waals surface area (Å²) in [5.74, 6) is -0.0196. The first-order valence-corrected chi connectivity index (χ1v) is 8.53. The van der Waals surface area contributed by atoms with E-state index in [1.165, 1.54) is 0 Å². The minimum absolute atomic E-state index is 0.0196. The highest BCUT2D eigenvalue weighted by molar-refractivity contribution is 6.12. The normalized spacial score (nSPS) is 11.5. The number of anilines is 1. The maximum Gasteiger partial charge on any atom is 0.185 e. The molecule has 26 heavy (non-hydrogen) atoms. The van der Waals surface area contributed by atoms with Gasteiger partial charge in [0, 0.05) is 36.1 Å². The highest BCUT2D eigenvalue weighted by Crippen LogP contribution is 2.29. The number of hydrogen-bond donors (Lipinski definition) is 0. The van der Waals surface area contributed by atoms with Crippen LogP contribution in [0.2, 0.25) is 0 Å². The number of furan rings is 1. The van der Waals surface area contributed by atoms with E-state index < -0.39 is 0 Å². The van der Waals surface area contributed by atoms with Gasteiger partial charge in [0.2, 0.25) is 0 Å². The van der Waals surface area contributed by atoms with Gasteiger partial charge in [-0.25, -0.2) is 0 Å². The van der Waals surface area contributed by atoms with Crippen molar-refractivity contribution in [3.8, 4) is 0 Å². The molecule has 1 aromatic heterocycles. The molecule has 3 nitrogen and oxygen atoms in total. The molecule has 0 aliphatic heterocycles. The van der Waals surface area contributed by atoms with Crippen molar-refractivity contribution in [3.05, 3.63) is 83.9 Å². The summed E-state index contributed by atoms with van der Waals surface area (Å²) >= 11 is 0. The second kappa shape index (κ2) is 6.52. The molecule has 1 heterocycles. The summed E-state index contributed by atoms with van der Waals surface area (Å²) in [6.45, 7) is 0. The van der Waals surface area contributed by atoms with Crippen molar-refractivity contribution in [2.45, 2.75) is 0 Å². The Kier molecular flexibility index (Phi) is 4.05. The third-order valence-electron chi connectivity index (χ3n) is 4.50. The summed E-state index contributed by atoms with van der Waals surface area (Å²) in [6.07, 6.45) is 3.47. The molecule has 0 radical (unpaired) electrons. The zero-order valence-corrected chi connectivity index (χ0v) is 14.8. The molecule has 0 fully saturated rings. The van der Waals surface area contributed by atoms with Crippen LogP contribution in [0.1, 0.15) is 15.9 Å². The number of rotatable bonds is 4. The summed E-state index contributed by atoms with van der Waals surface area (Å²) in [5, 5.41) is 2.00. The smallest absolute Gasteiger partial charge is 0.185 e. The van der Waals surface area contributed by atoms with E-state index in [4.69, 9.17) is 4.42 Å². The lowest BCUT2D eigenvalue weighted by Crippen LogP contribution is -2.07. The molecule has 0 bridgehead atoms. The monoisotopic (exact) mass is 341 g/mol. The summed E-state index contributed by atoms with van der Waals surface area (Å²) in [7, 11) is 4.01. The molecular weight excluding hydrogens is 322 g/mol. The molecule has 3 heteroatoms. The maximum atomic E-state index is 12.6. The van der Waals surface area contributed by atoms with E-state index in [0.29, 0.717) is 5.56 Å². The first kappa shape index (κ1) is 16.2. The van der Waals surface area contributed by atoms with E-state index in [0.717, 1.165) is 33.2 Å². The molecule has 4 rings (SSSR count). The number of carbonyl (C=O) groups is 1. The Balaban J connectivity index is 1.62. The fraction of sp³-hybridized carbons (Fsp3) is 0.0870. The van der Waals surface area contributed by atoms with Crippen molar-refractivity contribution >= 4 is 39.5 Å². The van der Waals surface area contributed by atoms with E-state index in [9.17, 15) is 4.79 Å². The molecule has 0 aliphatic rings. The van der Waals surface area contributed by atoms with Crippen molar-refractivity contribution in [2.75, 3.05) is 19.0 Å². The predicted octanol–water partition coefficient (Wildman–Crippen LogP) is 5.55. The largest absolute Gasteiger partial charge is 0.456 e. The number of allylic oxidation sites excluding steroid dienone is 1. The molecule has 0 amide bonds. The van der Waals surface area contributed by atoms with Crippen LogP contribution in [0.25, 0.3) is 28.0 Å². The number of ketones is 1. The van der Waals surface area contributed by atoms with Crippen LogP contribution in [0.3, 0.4) is 0 Å². The van der Waals surface area contributed by atoms with E-state index >= 15 is 0 Å². The molecular formula is C23H19NO2. The van der Waals surface area contributed by atoms with E-state index in [-0.39, 0.29) is 5.78 Å². The number of nitrogens with zero attached hydrogens (tertiary/aromatic N) is 1.